The van der Waals surface area contributed by atoms with Crippen molar-refractivity contribution in [1.82, 2.24) is 9.55 Å². The molecule has 1 aromatic carbocycles. The van der Waals surface area contributed by atoms with Crippen LogP contribution in [0.2, 0.25) is 0 Å². The number of benzene rings is 1. The van der Waals surface area contributed by atoms with Crippen molar-refractivity contribution in [3.8, 4) is 0 Å². The molecule has 0 bridgehead atoms. The minimum absolute atomic E-state index is 0.253. The van der Waals surface area contributed by atoms with Crippen LogP contribution in [-0.4, -0.2) is 21.1 Å². The summed E-state index contributed by atoms with van der Waals surface area (Å²) >= 11 is 0. The van der Waals surface area contributed by atoms with Crippen molar-refractivity contribution in [2.75, 3.05) is 5.73 Å². The van der Waals surface area contributed by atoms with E-state index in [1.165, 1.54) is 0 Å². The molecule has 114 valence electrons. The van der Waals surface area contributed by atoms with Gasteiger partial charge in [0, 0.05) is 20.3 Å². The van der Waals surface area contributed by atoms with E-state index in [1.807, 2.05) is 0 Å². The highest BCUT2D eigenvalue weighted by molar-refractivity contribution is 6.05. The first-order valence-electron chi connectivity index (χ1n) is 10.9. The summed E-state index contributed by atoms with van der Waals surface area (Å²) in [5.41, 5.74) is 0.568. The van der Waals surface area contributed by atoms with Gasteiger partial charge in [-0.25, -0.2) is 4.98 Å². The molecule has 1 fully saturated rings. The molecule has 6 nitrogen and oxygen atoms in total. The summed E-state index contributed by atoms with van der Waals surface area (Å²) in [4.78, 5) is 42.0. The summed E-state index contributed by atoms with van der Waals surface area (Å²) in [6, 6.07) is -2.13. The molecule has 1 saturated carbocycles. The predicted octanol–water partition coefficient (Wildman–Crippen LogP) is 1.32. The van der Waals surface area contributed by atoms with Crippen LogP contribution in [0.1, 0.15) is 44.3 Å². The predicted molar refractivity (Wildman–Crippen MR) is 82.7 cm³/mol. The second-order valence-corrected chi connectivity index (χ2v) is 5.09. The quantitative estimate of drug-likeness (QED) is 0.633. The van der Waals surface area contributed by atoms with Crippen LogP contribution in [-0.2, 0) is 15.1 Å². The fourth-order valence-corrected chi connectivity index (χ4v) is 2.54. The molecule has 1 heterocycles. The van der Waals surface area contributed by atoms with Gasteiger partial charge in [-0.2, -0.15) is 0 Å². The van der Waals surface area contributed by atoms with E-state index in [9.17, 15) is 14.4 Å². The van der Waals surface area contributed by atoms with Crippen molar-refractivity contribution in [3.05, 3.63) is 34.3 Å². The Morgan fingerprint density at radius 1 is 1.41 bits per heavy atom. The fraction of sp³-hybridized carbons (Fsp3) is 0.375. The fourth-order valence-electron chi connectivity index (χ4n) is 2.54. The number of aromatic nitrogens is 2. The normalized spacial score (nSPS) is 29.4. The minimum Gasteiger partial charge on any atom is -0.398 e. The lowest BCUT2D eigenvalue weighted by Gasteiger charge is -2.34. The number of rotatable bonds is 1. The van der Waals surface area contributed by atoms with Gasteiger partial charge in [0.2, 0.25) is 0 Å². The van der Waals surface area contributed by atoms with Crippen LogP contribution in [0.4, 0.5) is 5.69 Å². The van der Waals surface area contributed by atoms with Crippen molar-refractivity contribution in [1.29, 1.82) is 0 Å². The summed E-state index contributed by atoms with van der Waals surface area (Å²) in [5.74, 6) is -2.79. The Hall–Kier alpha value is -2.50. The number of hydrogen-bond acceptors (Lipinski definition) is 5. The first-order chi connectivity index (χ1) is 14.1. The minimum atomic E-state index is -3.23. The van der Waals surface area contributed by atoms with Crippen molar-refractivity contribution < 1.29 is 21.9 Å². The number of ketones is 2. The lowest BCUT2D eigenvalue weighted by atomic mass is 9.81. The monoisotopic (exact) mass is 308 g/mol. The van der Waals surface area contributed by atoms with Gasteiger partial charge >= 0.3 is 0 Å². The van der Waals surface area contributed by atoms with Gasteiger partial charge in [0.15, 0.2) is 5.78 Å². The molecule has 0 aliphatic heterocycles. The van der Waals surface area contributed by atoms with Crippen LogP contribution in [0.15, 0.2) is 22.9 Å². The zero-order valence-electron chi connectivity index (χ0n) is 20.3. The van der Waals surface area contributed by atoms with E-state index in [1.54, 1.807) is 0 Å². The highest BCUT2D eigenvalue weighted by atomic mass is 16.2. The van der Waals surface area contributed by atoms with Crippen LogP contribution >= 0.6 is 0 Å². The highest BCUT2D eigenvalue weighted by Gasteiger charge is 2.41. The Labute approximate surface area is 139 Å². The molecule has 1 aliphatic rings. The Bertz CT molecular complexity index is 1200. The molecule has 0 saturated heterocycles. The molecule has 0 radical (unpaired) electrons. The van der Waals surface area contributed by atoms with Gasteiger partial charge < -0.3 is 5.73 Å². The number of aryl methyl sites for hydroxylation is 1. The second-order valence-electron chi connectivity index (χ2n) is 5.09. The molecule has 0 amide bonds. The van der Waals surface area contributed by atoms with Crippen LogP contribution in [0, 0.1) is 6.85 Å². The number of nitrogens with zero attached hydrogens (tertiary/aromatic N) is 2. The number of nitrogen functional groups attached to an aromatic ring is 1. The van der Waals surface area contributed by atoms with Gasteiger partial charge in [-0.15, -0.1) is 0 Å². The number of hydrogen-bond donors (Lipinski definition) is 1. The third-order valence-corrected chi connectivity index (χ3v) is 3.70. The van der Waals surface area contributed by atoms with Crippen LogP contribution in [0.5, 0.6) is 0 Å². The maximum atomic E-state index is 13.5. The molecular formula is C16H17N3O3. The molecule has 6 heteroatoms. The molecule has 2 N–H and O–H groups in total. The third kappa shape index (κ3) is 1.94. The zero-order valence-corrected chi connectivity index (χ0v) is 11.3. The molecule has 1 atom stereocenters. The number of carbonyl (C=O) groups is 2. The van der Waals surface area contributed by atoms with E-state index in [0.29, 0.717) is 0 Å². The molecule has 0 spiro atoms. The van der Waals surface area contributed by atoms with Gasteiger partial charge in [0.25, 0.3) is 5.56 Å². The number of nitrogens with two attached hydrogens (primary N) is 1. The molecular weight excluding hydrogens is 282 g/mol. The molecule has 1 aromatic heterocycles. The molecule has 22 heavy (non-hydrogen) atoms. The van der Waals surface area contributed by atoms with Gasteiger partial charge in [0.05, 0.1) is 21.4 Å². The average Bonchev–Trinajstić information content (AvgIpc) is 2.63. The summed E-state index contributed by atoms with van der Waals surface area (Å²) in [6.07, 6.45) is -1.85. The number of carbonyl (C=O) groups excluding carboxylic acids is 2. The third-order valence-electron chi connectivity index (χ3n) is 3.70. The number of Topliss-reactive ketones (excluding diaryl/α,β-unsaturated/α-hetero) is 2. The largest absolute Gasteiger partial charge is 0.398 e. The Balaban J connectivity index is 2.63. The van der Waals surface area contributed by atoms with Crippen LogP contribution in [0.25, 0.3) is 10.9 Å². The lowest BCUT2D eigenvalue weighted by Crippen LogP contribution is -2.49. The van der Waals surface area contributed by atoms with Gasteiger partial charge in [-0.3, -0.25) is 19.0 Å². The second kappa shape index (κ2) is 4.76. The average molecular weight is 308 g/mol. The molecule has 0 unspecified atom stereocenters. The molecule has 3 rings (SSSR count). The molecule has 2 aromatic rings. The van der Waals surface area contributed by atoms with E-state index < -0.39 is 89.8 Å². The number of anilines is 1. The van der Waals surface area contributed by atoms with Gasteiger partial charge in [-0.05, 0) is 32.2 Å². The van der Waals surface area contributed by atoms with Crippen molar-refractivity contribution >= 4 is 28.2 Å². The lowest BCUT2D eigenvalue weighted by molar-refractivity contribution is -0.136. The van der Waals surface area contributed by atoms with Gasteiger partial charge in [0.1, 0.15) is 17.1 Å². The Kier molecular flexibility index (Phi) is 1.55. The topological polar surface area (TPSA) is 95.0 Å². The summed E-state index contributed by atoms with van der Waals surface area (Å²) < 4.78 is 71.2. The Morgan fingerprint density at radius 3 is 2.91 bits per heavy atom. The van der Waals surface area contributed by atoms with E-state index in [0.717, 1.165) is 0 Å². The zero-order chi connectivity index (χ0) is 23.7. The molecule has 1 aliphatic carbocycles. The van der Waals surface area contributed by atoms with E-state index in [-0.39, 0.29) is 11.0 Å². The smallest absolute Gasteiger partial charge is 0.264 e. The first kappa shape index (κ1) is 7.17. The van der Waals surface area contributed by atoms with Crippen molar-refractivity contribution in [3.63, 3.8) is 0 Å². The van der Waals surface area contributed by atoms with Gasteiger partial charge in [-0.1, -0.05) is 6.04 Å². The Morgan fingerprint density at radius 2 is 2.23 bits per heavy atom. The SMILES string of the molecule is [2H]c1c([2H])c(N)c2c(=O)n([C@@]3(C([2H])([2H])[2H])CCC(=O)CC3=O)c(C([2H])([2H])[2H])nc2c1[2H]. The first-order valence-corrected chi connectivity index (χ1v) is 6.43. The maximum absolute atomic E-state index is 13.5. The van der Waals surface area contributed by atoms with Crippen LogP contribution < -0.4 is 11.3 Å². The highest BCUT2D eigenvalue weighted by Crippen LogP contribution is 2.30. The van der Waals surface area contributed by atoms with Crippen LogP contribution in [0.3, 0.4) is 0 Å². The van der Waals surface area contributed by atoms with E-state index >= 15 is 0 Å². The maximum Gasteiger partial charge on any atom is 0.264 e. The van der Waals surface area contributed by atoms with Crippen molar-refractivity contribution in [2.45, 2.75) is 38.5 Å². The summed E-state index contributed by atoms with van der Waals surface area (Å²) in [6.45, 7) is -6.43. The summed E-state index contributed by atoms with van der Waals surface area (Å²) in [5, 5.41) is -0.632. The van der Waals surface area contributed by atoms with E-state index in [2.05, 4.69) is 4.98 Å². The van der Waals surface area contributed by atoms with E-state index in [4.69, 9.17) is 18.1 Å². The number of fused-ring (bicyclic) bond motifs is 1. The van der Waals surface area contributed by atoms with Crippen molar-refractivity contribution in [2.24, 2.45) is 0 Å². The summed E-state index contributed by atoms with van der Waals surface area (Å²) in [7, 11) is 0. The standard InChI is InChI=1S/C16H17N3O3/c1-9-18-12-5-3-4-11(17)14(12)15(22)19(9)16(2)7-6-10(20)8-13(16)21/h3-5H,6-8,17H2,1-2H3/t16-/m0/s1/i1D3,2D3,3D,4D,5D.